The molecule has 0 aromatic heterocycles. The minimum Gasteiger partial charge on any atom is -0.461 e. The summed E-state index contributed by atoms with van der Waals surface area (Å²) in [6.45, 7) is 3.71. The lowest BCUT2D eigenvalue weighted by molar-refractivity contribution is -0.151. The number of anilines is 1. The van der Waals surface area contributed by atoms with Gasteiger partial charge in [-0.1, -0.05) is 61.2 Å². The van der Waals surface area contributed by atoms with Gasteiger partial charge in [0.15, 0.2) is 0 Å². The van der Waals surface area contributed by atoms with E-state index in [2.05, 4.69) is 11.9 Å². The number of esters is 1. The molecule has 0 saturated carbocycles. The molecule has 1 N–H and O–H groups in total. The van der Waals surface area contributed by atoms with Crippen molar-refractivity contribution in [1.82, 2.24) is 0 Å². The van der Waals surface area contributed by atoms with Gasteiger partial charge in [0.25, 0.3) is 0 Å². The van der Waals surface area contributed by atoms with E-state index in [0.29, 0.717) is 12.8 Å². The average molecular weight is 335 g/mol. The van der Waals surface area contributed by atoms with E-state index in [1.807, 2.05) is 54.6 Å². The third-order valence-corrected chi connectivity index (χ3v) is 4.46. The zero-order chi connectivity index (χ0) is 17.6. The van der Waals surface area contributed by atoms with Gasteiger partial charge < -0.3 is 10.1 Å². The summed E-state index contributed by atoms with van der Waals surface area (Å²) in [7, 11) is 0. The van der Waals surface area contributed by atoms with Crippen molar-refractivity contribution in [3.05, 3.63) is 67.3 Å². The Hall–Kier alpha value is -2.88. The van der Waals surface area contributed by atoms with Gasteiger partial charge in [0.1, 0.15) is 6.61 Å². The molecule has 0 unspecified atom stereocenters. The zero-order valence-electron chi connectivity index (χ0n) is 14.0. The fourth-order valence-corrected chi connectivity index (χ4v) is 3.17. The van der Waals surface area contributed by atoms with E-state index in [1.165, 1.54) is 6.08 Å². The lowest BCUT2D eigenvalue weighted by atomic mass is 9.82. The van der Waals surface area contributed by atoms with Gasteiger partial charge in [-0.2, -0.15) is 0 Å². The van der Waals surface area contributed by atoms with Crippen LogP contribution in [-0.2, 0) is 14.3 Å². The molecule has 2 atom stereocenters. The molecule has 0 aliphatic heterocycles. The van der Waals surface area contributed by atoms with Crippen LogP contribution in [0, 0.1) is 11.8 Å². The summed E-state index contributed by atoms with van der Waals surface area (Å²) in [6, 6.07) is 13.7. The smallest absolute Gasteiger partial charge is 0.310 e. The lowest BCUT2D eigenvalue weighted by Crippen LogP contribution is -2.35. The highest BCUT2D eigenvalue weighted by molar-refractivity contribution is 6.03. The summed E-state index contributed by atoms with van der Waals surface area (Å²) in [6.07, 6.45) is 6.46. The van der Waals surface area contributed by atoms with Crippen LogP contribution in [0.4, 0.5) is 5.69 Å². The number of allylic oxidation sites excluding steroid dienone is 2. The van der Waals surface area contributed by atoms with Crippen molar-refractivity contribution in [3.63, 3.8) is 0 Å². The fourth-order valence-electron chi connectivity index (χ4n) is 3.17. The van der Waals surface area contributed by atoms with Gasteiger partial charge >= 0.3 is 5.97 Å². The summed E-state index contributed by atoms with van der Waals surface area (Å²) < 4.78 is 5.16. The van der Waals surface area contributed by atoms with E-state index >= 15 is 0 Å². The molecule has 3 rings (SSSR count). The Morgan fingerprint density at radius 2 is 1.80 bits per heavy atom. The van der Waals surface area contributed by atoms with Crippen molar-refractivity contribution in [3.8, 4) is 0 Å². The predicted octanol–water partition coefficient (Wildman–Crippen LogP) is 4.09. The number of carbonyl (C=O) groups excluding carboxylic acids is 2. The highest BCUT2D eigenvalue weighted by Gasteiger charge is 2.35. The van der Waals surface area contributed by atoms with Gasteiger partial charge in [-0.05, 0) is 24.3 Å². The topological polar surface area (TPSA) is 55.4 Å². The van der Waals surface area contributed by atoms with E-state index in [-0.39, 0.29) is 18.5 Å². The molecule has 0 bridgehead atoms. The number of ether oxygens (including phenoxy) is 1. The molecular weight excluding hydrogens is 314 g/mol. The Morgan fingerprint density at radius 3 is 2.60 bits per heavy atom. The van der Waals surface area contributed by atoms with Crippen LogP contribution in [0.2, 0.25) is 0 Å². The Bertz CT molecular complexity index is 820. The maximum absolute atomic E-state index is 12.8. The van der Waals surface area contributed by atoms with Gasteiger partial charge in [0.05, 0.1) is 11.8 Å². The molecule has 1 amide bonds. The number of hydrogen-bond donors (Lipinski definition) is 1. The van der Waals surface area contributed by atoms with Crippen LogP contribution in [-0.4, -0.2) is 18.5 Å². The largest absolute Gasteiger partial charge is 0.461 e. The number of hydrogen-bond acceptors (Lipinski definition) is 3. The van der Waals surface area contributed by atoms with Gasteiger partial charge in [-0.25, -0.2) is 0 Å². The number of fused-ring (bicyclic) bond motifs is 1. The van der Waals surface area contributed by atoms with Crippen LogP contribution in [0.1, 0.15) is 12.8 Å². The molecule has 0 heterocycles. The van der Waals surface area contributed by atoms with Crippen LogP contribution in [0.3, 0.4) is 0 Å². The molecule has 0 spiro atoms. The highest BCUT2D eigenvalue weighted by Crippen LogP contribution is 2.30. The van der Waals surface area contributed by atoms with E-state index in [0.717, 1.165) is 16.5 Å². The molecule has 2 aromatic rings. The van der Waals surface area contributed by atoms with Crippen molar-refractivity contribution in [2.24, 2.45) is 11.8 Å². The molecule has 4 nitrogen and oxygen atoms in total. The number of nitrogens with one attached hydrogen (secondary N) is 1. The first kappa shape index (κ1) is 17.0. The molecule has 128 valence electrons. The molecule has 1 aliphatic carbocycles. The van der Waals surface area contributed by atoms with Crippen LogP contribution < -0.4 is 5.32 Å². The normalized spacial score (nSPS) is 19.4. The molecule has 4 heteroatoms. The predicted molar refractivity (Wildman–Crippen MR) is 99.1 cm³/mol. The summed E-state index contributed by atoms with van der Waals surface area (Å²) in [5, 5.41) is 5.04. The molecule has 1 aliphatic rings. The number of benzene rings is 2. The summed E-state index contributed by atoms with van der Waals surface area (Å²) in [4.78, 5) is 25.1. The Kier molecular flexibility index (Phi) is 5.29. The standard InChI is InChI=1S/C21H21NO3/c1-2-14-25-21(24)18-12-6-5-11-17(18)20(23)22-19-13-7-9-15-8-3-4-10-16(15)19/h2-10,13,17-18H,1,11-12,14H2,(H,22,23)/t17-,18-/m0/s1. The van der Waals surface area contributed by atoms with Crippen LogP contribution >= 0.6 is 0 Å². The maximum Gasteiger partial charge on any atom is 0.310 e. The van der Waals surface area contributed by atoms with Crippen molar-refractivity contribution in [2.75, 3.05) is 11.9 Å². The molecular formula is C21H21NO3. The van der Waals surface area contributed by atoms with Gasteiger partial charge in [-0.15, -0.1) is 0 Å². The van der Waals surface area contributed by atoms with Gasteiger partial charge in [-0.3, -0.25) is 9.59 Å². The second-order valence-electron chi connectivity index (χ2n) is 6.09. The monoisotopic (exact) mass is 335 g/mol. The van der Waals surface area contributed by atoms with E-state index in [4.69, 9.17) is 4.74 Å². The molecule has 2 aromatic carbocycles. The number of carbonyl (C=O) groups is 2. The second-order valence-corrected chi connectivity index (χ2v) is 6.09. The quantitative estimate of drug-likeness (QED) is 0.661. The van der Waals surface area contributed by atoms with Gasteiger partial charge in [0.2, 0.25) is 5.91 Å². The van der Waals surface area contributed by atoms with E-state index in [9.17, 15) is 9.59 Å². The Morgan fingerprint density at radius 1 is 1.08 bits per heavy atom. The van der Waals surface area contributed by atoms with Crippen molar-refractivity contribution < 1.29 is 14.3 Å². The highest BCUT2D eigenvalue weighted by atomic mass is 16.5. The average Bonchev–Trinajstić information content (AvgIpc) is 2.66. The third kappa shape index (κ3) is 3.79. The summed E-state index contributed by atoms with van der Waals surface area (Å²) >= 11 is 0. The molecule has 25 heavy (non-hydrogen) atoms. The number of rotatable bonds is 5. The van der Waals surface area contributed by atoms with Crippen LogP contribution in [0.25, 0.3) is 10.8 Å². The van der Waals surface area contributed by atoms with E-state index in [1.54, 1.807) is 0 Å². The van der Waals surface area contributed by atoms with Crippen molar-refractivity contribution >= 4 is 28.3 Å². The Balaban J connectivity index is 1.79. The third-order valence-electron chi connectivity index (χ3n) is 4.46. The summed E-state index contributed by atoms with van der Waals surface area (Å²) in [5.41, 5.74) is 0.760. The van der Waals surface area contributed by atoms with Crippen LogP contribution in [0.5, 0.6) is 0 Å². The van der Waals surface area contributed by atoms with E-state index < -0.39 is 11.8 Å². The zero-order valence-corrected chi connectivity index (χ0v) is 14.0. The van der Waals surface area contributed by atoms with Crippen LogP contribution in [0.15, 0.2) is 67.3 Å². The first-order valence-corrected chi connectivity index (χ1v) is 8.42. The first-order valence-electron chi connectivity index (χ1n) is 8.42. The van der Waals surface area contributed by atoms with Crippen molar-refractivity contribution in [1.29, 1.82) is 0 Å². The maximum atomic E-state index is 12.8. The minimum atomic E-state index is -0.458. The first-order chi connectivity index (χ1) is 12.2. The second kappa shape index (κ2) is 7.79. The summed E-state index contributed by atoms with van der Waals surface area (Å²) in [5.74, 6) is -1.38. The molecule has 0 fully saturated rings. The number of amides is 1. The Labute approximate surface area is 147 Å². The minimum absolute atomic E-state index is 0.152. The molecule has 0 saturated heterocycles. The fraction of sp³-hybridized carbons (Fsp3) is 0.238. The SMILES string of the molecule is C=CCOC(=O)[C@H]1CC=CC[C@@H]1C(=O)Nc1cccc2ccccc12. The van der Waals surface area contributed by atoms with Gasteiger partial charge in [0, 0.05) is 11.1 Å². The molecule has 0 radical (unpaired) electrons. The lowest BCUT2D eigenvalue weighted by Gasteiger charge is -2.26. The van der Waals surface area contributed by atoms with Crippen molar-refractivity contribution in [2.45, 2.75) is 12.8 Å².